The lowest BCUT2D eigenvalue weighted by molar-refractivity contribution is 0.0596. The monoisotopic (exact) mass is 238 g/mol. The van der Waals surface area contributed by atoms with E-state index < -0.39 is 0 Å². The molecule has 1 aromatic rings. The molecule has 94 valence electrons. The average molecular weight is 238 g/mol. The third-order valence-corrected chi connectivity index (χ3v) is 3.20. The Hall–Kier alpha value is -1.33. The van der Waals surface area contributed by atoms with Gasteiger partial charge in [0.25, 0.3) is 0 Å². The Morgan fingerprint density at radius 2 is 2.53 bits per heavy atom. The van der Waals surface area contributed by atoms with E-state index in [0.717, 1.165) is 19.5 Å². The SMILES string of the molecule is COC(=O)c1ccoc1CN(C)C1CCNC1. The molecule has 1 fully saturated rings. The summed E-state index contributed by atoms with van der Waals surface area (Å²) in [6, 6.07) is 2.16. The van der Waals surface area contributed by atoms with Crippen LogP contribution < -0.4 is 5.32 Å². The molecule has 2 rings (SSSR count). The highest BCUT2D eigenvalue weighted by molar-refractivity contribution is 5.90. The van der Waals surface area contributed by atoms with Crippen molar-refractivity contribution in [3.63, 3.8) is 0 Å². The molecule has 1 unspecified atom stereocenters. The Morgan fingerprint density at radius 3 is 3.18 bits per heavy atom. The van der Waals surface area contributed by atoms with E-state index in [-0.39, 0.29) is 5.97 Å². The van der Waals surface area contributed by atoms with E-state index in [4.69, 9.17) is 9.15 Å². The Balaban J connectivity index is 2.02. The van der Waals surface area contributed by atoms with Gasteiger partial charge in [-0.1, -0.05) is 0 Å². The molecule has 1 saturated heterocycles. The van der Waals surface area contributed by atoms with Crippen LogP contribution in [0.4, 0.5) is 0 Å². The van der Waals surface area contributed by atoms with E-state index in [0.29, 0.717) is 23.9 Å². The minimum absolute atomic E-state index is 0.341. The molecule has 1 atom stereocenters. The Morgan fingerprint density at radius 1 is 1.71 bits per heavy atom. The van der Waals surface area contributed by atoms with Gasteiger partial charge in [-0.05, 0) is 26.1 Å². The second kappa shape index (κ2) is 5.33. The molecule has 1 aromatic heterocycles. The van der Waals surface area contributed by atoms with Gasteiger partial charge in [-0.3, -0.25) is 4.90 Å². The Labute approximate surface area is 101 Å². The molecule has 1 aliphatic heterocycles. The smallest absolute Gasteiger partial charge is 0.341 e. The first-order valence-electron chi connectivity index (χ1n) is 5.78. The summed E-state index contributed by atoms with van der Waals surface area (Å²) >= 11 is 0. The van der Waals surface area contributed by atoms with E-state index in [1.54, 1.807) is 6.07 Å². The summed E-state index contributed by atoms with van der Waals surface area (Å²) in [5.74, 6) is 0.331. The summed E-state index contributed by atoms with van der Waals surface area (Å²) in [7, 11) is 3.42. The molecule has 0 aromatic carbocycles. The van der Waals surface area contributed by atoms with Gasteiger partial charge in [0.2, 0.25) is 0 Å². The molecule has 2 heterocycles. The molecule has 1 aliphatic rings. The molecule has 0 aliphatic carbocycles. The molecule has 1 N–H and O–H groups in total. The summed E-state index contributed by atoms with van der Waals surface area (Å²) in [5.41, 5.74) is 0.519. The second-order valence-corrected chi connectivity index (χ2v) is 4.31. The molecule has 0 spiro atoms. The number of carbonyl (C=O) groups is 1. The zero-order valence-corrected chi connectivity index (χ0v) is 10.2. The number of nitrogens with zero attached hydrogens (tertiary/aromatic N) is 1. The molecule has 0 bridgehead atoms. The summed E-state index contributed by atoms with van der Waals surface area (Å²) in [6.45, 7) is 2.67. The van der Waals surface area contributed by atoms with Crippen molar-refractivity contribution < 1.29 is 13.9 Å². The van der Waals surface area contributed by atoms with Crippen molar-refractivity contribution in [2.45, 2.75) is 19.0 Å². The highest BCUT2D eigenvalue weighted by atomic mass is 16.5. The third kappa shape index (κ3) is 2.68. The maximum absolute atomic E-state index is 11.5. The minimum atomic E-state index is -0.341. The predicted octanol–water partition coefficient (Wildman–Crippen LogP) is 0.860. The van der Waals surface area contributed by atoms with Crippen LogP contribution in [0.2, 0.25) is 0 Å². The summed E-state index contributed by atoms with van der Waals surface area (Å²) in [6.07, 6.45) is 2.66. The predicted molar refractivity (Wildman–Crippen MR) is 62.8 cm³/mol. The van der Waals surface area contributed by atoms with Crippen LogP contribution >= 0.6 is 0 Å². The zero-order valence-electron chi connectivity index (χ0n) is 10.2. The average Bonchev–Trinajstić information content (AvgIpc) is 2.98. The fourth-order valence-corrected chi connectivity index (χ4v) is 2.13. The molecule has 0 radical (unpaired) electrons. The van der Waals surface area contributed by atoms with Crippen molar-refractivity contribution in [3.8, 4) is 0 Å². The Kier molecular flexibility index (Phi) is 3.81. The number of methoxy groups -OCH3 is 1. The van der Waals surface area contributed by atoms with Crippen LogP contribution in [0.15, 0.2) is 16.7 Å². The number of hydrogen-bond donors (Lipinski definition) is 1. The highest BCUT2D eigenvalue weighted by Gasteiger charge is 2.22. The number of hydrogen-bond acceptors (Lipinski definition) is 5. The standard InChI is InChI=1S/C12H18N2O3/c1-14(9-3-5-13-7-9)8-11-10(4-6-17-11)12(15)16-2/h4,6,9,13H,3,5,7-8H2,1-2H3. The van der Waals surface area contributed by atoms with Gasteiger partial charge < -0.3 is 14.5 Å². The van der Waals surface area contributed by atoms with Gasteiger partial charge in [-0.25, -0.2) is 4.79 Å². The van der Waals surface area contributed by atoms with Crippen LogP contribution in [-0.2, 0) is 11.3 Å². The lowest BCUT2D eigenvalue weighted by Crippen LogP contribution is -2.33. The van der Waals surface area contributed by atoms with Crippen molar-refractivity contribution in [2.24, 2.45) is 0 Å². The van der Waals surface area contributed by atoms with Crippen molar-refractivity contribution in [3.05, 3.63) is 23.7 Å². The van der Waals surface area contributed by atoms with Gasteiger partial charge in [0.1, 0.15) is 11.3 Å². The van der Waals surface area contributed by atoms with Crippen LogP contribution in [0.5, 0.6) is 0 Å². The van der Waals surface area contributed by atoms with Gasteiger partial charge in [-0.15, -0.1) is 0 Å². The molecular weight excluding hydrogens is 220 g/mol. The van der Waals surface area contributed by atoms with E-state index in [1.165, 1.54) is 13.4 Å². The lowest BCUT2D eigenvalue weighted by atomic mass is 10.2. The summed E-state index contributed by atoms with van der Waals surface area (Å²) < 4.78 is 10.1. The molecular formula is C12H18N2O3. The molecule has 0 saturated carbocycles. The van der Waals surface area contributed by atoms with Crippen LogP contribution in [0.1, 0.15) is 22.5 Å². The quantitative estimate of drug-likeness (QED) is 0.788. The number of rotatable bonds is 4. The van der Waals surface area contributed by atoms with Crippen molar-refractivity contribution in [1.82, 2.24) is 10.2 Å². The fourth-order valence-electron chi connectivity index (χ4n) is 2.13. The first kappa shape index (κ1) is 12.1. The van der Waals surface area contributed by atoms with E-state index in [2.05, 4.69) is 10.2 Å². The normalized spacial score (nSPS) is 19.8. The van der Waals surface area contributed by atoms with Crippen molar-refractivity contribution in [1.29, 1.82) is 0 Å². The summed E-state index contributed by atoms with van der Waals surface area (Å²) in [5, 5.41) is 3.32. The summed E-state index contributed by atoms with van der Waals surface area (Å²) in [4.78, 5) is 13.7. The largest absolute Gasteiger partial charge is 0.467 e. The maximum atomic E-state index is 11.5. The van der Waals surface area contributed by atoms with Gasteiger partial charge in [-0.2, -0.15) is 0 Å². The number of likely N-dealkylation sites (N-methyl/N-ethyl adjacent to an activating group) is 1. The van der Waals surface area contributed by atoms with Crippen molar-refractivity contribution in [2.75, 3.05) is 27.2 Å². The maximum Gasteiger partial charge on any atom is 0.341 e. The minimum Gasteiger partial charge on any atom is -0.467 e. The molecule has 5 nitrogen and oxygen atoms in total. The van der Waals surface area contributed by atoms with Gasteiger partial charge in [0, 0.05) is 12.6 Å². The molecule has 17 heavy (non-hydrogen) atoms. The van der Waals surface area contributed by atoms with Gasteiger partial charge in [0.05, 0.1) is 19.9 Å². The zero-order chi connectivity index (χ0) is 12.3. The van der Waals surface area contributed by atoms with Gasteiger partial charge >= 0.3 is 5.97 Å². The number of nitrogens with one attached hydrogen (secondary N) is 1. The number of ether oxygens (including phenoxy) is 1. The topological polar surface area (TPSA) is 54.7 Å². The van der Waals surface area contributed by atoms with E-state index >= 15 is 0 Å². The highest BCUT2D eigenvalue weighted by Crippen LogP contribution is 2.16. The third-order valence-electron chi connectivity index (χ3n) is 3.20. The van der Waals surface area contributed by atoms with E-state index in [1.807, 2.05) is 7.05 Å². The van der Waals surface area contributed by atoms with Crippen LogP contribution in [-0.4, -0.2) is 44.2 Å². The number of carbonyl (C=O) groups excluding carboxylic acids is 1. The molecule has 0 amide bonds. The van der Waals surface area contributed by atoms with Crippen molar-refractivity contribution >= 4 is 5.97 Å². The number of esters is 1. The second-order valence-electron chi connectivity index (χ2n) is 4.31. The first-order chi connectivity index (χ1) is 8.22. The first-order valence-corrected chi connectivity index (χ1v) is 5.78. The Bertz CT molecular complexity index is 383. The van der Waals surface area contributed by atoms with Crippen LogP contribution in [0.25, 0.3) is 0 Å². The fraction of sp³-hybridized carbons (Fsp3) is 0.583. The van der Waals surface area contributed by atoms with E-state index in [9.17, 15) is 4.79 Å². The van der Waals surface area contributed by atoms with Crippen LogP contribution in [0, 0.1) is 0 Å². The molecule has 5 heteroatoms. The lowest BCUT2D eigenvalue weighted by Gasteiger charge is -2.22. The number of furan rings is 1. The van der Waals surface area contributed by atoms with Gasteiger partial charge in [0.15, 0.2) is 0 Å². The van der Waals surface area contributed by atoms with Crippen LogP contribution in [0.3, 0.4) is 0 Å².